The first-order valence-electron chi connectivity index (χ1n) is 8.72. The SMILES string of the molecule is C=CCCOc1nc2c(OC(C)C)cccn2c1C=C(C#N)C(=O)OCC. The van der Waals surface area contributed by atoms with E-state index in [0.29, 0.717) is 36.0 Å². The fraction of sp³-hybridized carbons (Fsp3) is 0.350. The number of aromatic nitrogens is 2. The second-order valence-corrected chi connectivity index (χ2v) is 5.85. The third kappa shape index (κ3) is 4.88. The predicted octanol–water partition coefficient (Wildman–Crippen LogP) is 3.55. The van der Waals surface area contributed by atoms with Crippen LogP contribution < -0.4 is 9.47 Å². The first kappa shape index (κ1) is 20.0. The molecule has 2 aromatic heterocycles. The molecule has 0 unspecified atom stereocenters. The summed E-state index contributed by atoms with van der Waals surface area (Å²) in [4.78, 5) is 16.5. The van der Waals surface area contributed by atoms with Crippen LogP contribution in [-0.2, 0) is 9.53 Å². The zero-order chi connectivity index (χ0) is 19.8. The number of nitrogens with zero attached hydrogens (tertiary/aromatic N) is 3. The number of nitriles is 1. The lowest BCUT2D eigenvalue weighted by molar-refractivity contribution is -0.137. The Labute approximate surface area is 158 Å². The molecule has 0 amide bonds. The number of esters is 1. The number of hydrogen-bond donors (Lipinski definition) is 0. The van der Waals surface area contributed by atoms with Crippen LogP contribution in [-0.4, -0.2) is 34.7 Å². The summed E-state index contributed by atoms with van der Waals surface area (Å²) >= 11 is 0. The van der Waals surface area contributed by atoms with Crippen molar-refractivity contribution in [1.29, 1.82) is 5.26 Å². The summed E-state index contributed by atoms with van der Waals surface area (Å²) in [5.74, 6) is 0.186. The van der Waals surface area contributed by atoms with E-state index in [1.807, 2.05) is 19.9 Å². The van der Waals surface area contributed by atoms with Crippen LogP contribution in [0.5, 0.6) is 11.6 Å². The minimum absolute atomic E-state index is 0.0359. The van der Waals surface area contributed by atoms with E-state index in [1.54, 1.807) is 35.7 Å². The van der Waals surface area contributed by atoms with Crippen molar-refractivity contribution in [3.63, 3.8) is 0 Å². The zero-order valence-electron chi connectivity index (χ0n) is 15.8. The molecular weight excluding hydrogens is 346 g/mol. The van der Waals surface area contributed by atoms with Gasteiger partial charge >= 0.3 is 5.97 Å². The number of pyridine rings is 1. The number of ether oxygens (including phenoxy) is 3. The van der Waals surface area contributed by atoms with Crippen molar-refractivity contribution >= 4 is 17.7 Å². The van der Waals surface area contributed by atoms with Gasteiger partial charge in [-0.15, -0.1) is 6.58 Å². The van der Waals surface area contributed by atoms with Crippen LogP contribution >= 0.6 is 0 Å². The lowest BCUT2D eigenvalue weighted by Crippen LogP contribution is -2.07. The van der Waals surface area contributed by atoms with Gasteiger partial charge in [-0.1, -0.05) is 6.08 Å². The Kier molecular flexibility index (Phi) is 7.00. The Bertz CT molecular complexity index is 890. The van der Waals surface area contributed by atoms with Crippen LogP contribution in [0.1, 0.15) is 32.9 Å². The highest BCUT2D eigenvalue weighted by Crippen LogP contribution is 2.29. The maximum Gasteiger partial charge on any atom is 0.348 e. The lowest BCUT2D eigenvalue weighted by Gasteiger charge is -2.10. The molecule has 0 aliphatic heterocycles. The highest BCUT2D eigenvalue weighted by Gasteiger charge is 2.19. The molecule has 0 bridgehead atoms. The van der Waals surface area contributed by atoms with Crippen molar-refractivity contribution in [2.45, 2.75) is 33.3 Å². The van der Waals surface area contributed by atoms with E-state index in [-0.39, 0.29) is 18.3 Å². The van der Waals surface area contributed by atoms with Crippen molar-refractivity contribution in [1.82, 2.24) is 9.38 Å². The second-order valence-electron chi connectivity index (χ2n) is 5.85. The molecule has 2 aromatic rings. The maximum atomic E-state index is 12.0. The Hall–Kier alpha value is -3.27. The molecule has 0 N–H and O–H groups in total. The Morgan fingerprint density at radius 2 is 2.26 bits per heavy atom. The van der Waals surface area contributed by atoms with Gasteiger partial charge in [0.15, 0.2) is 11.4 Å². The third-order valence-corrected chi connectivity index (χ3v) is 3.44. The average Bonchev–Trinajstić information content (AvgIpc) is 2.98. The molecule has 7 heteroatoms. The van der Waals surface area contributed by atoms with Crippen LogP contribution in [0, 0.1) is 11.3 Å². The molecule has 0 aliphatic rings. The molecule has 0 aliphatic carbocycles. The van der Waals surface area contributed by atoms with Crippen LogP contribution in [0.3, 0.4) is 0 Å². The van der Waals surface area contributed by atoms with Gasteiger partial charge in [0.2, 0.25) is 5.88 Å². The molecule has 0 aromatic carbocycles. The normalized spacial score (nSPS) is 11.3. The number of carbonyl (C=O) groups excluding carboxylic acids is 1. The quantitative estimate of drug-likeness (QED) is 0.221. The van der Waals surface area contributed by atoms with Gasteiger partial charge in [0.25, 0.3) is 0 Å². The van der Waals surface area contributed by atoms with Crippen LogP contribution in [0.25, 0.3) is 11.7 Å². The molecule has 2 heterocycles. The summed E-state index contributed by atoms with van der Waals surface area (Å²) in [5.41, 5.74) is 0.863. The van der Waals surface area contributed by atoms with Crippen molar-refractivity contribution in [3.8, 4) is 17.7 Å². The third-order valence-electron chi connectivity index (χ3n) is 3.44. The number of hydrogen-bond acceptors (Lipinski definition) is 6. The zero-order valence-corrected chi connectivity index (χ0v) is 15.8. The number of rotatable bonds is 9. The molecule has 27 heavy (non-hydrogen) atoms. The molecular formula is C20H23N3O4. The minimum atomic E-state index is -0.693. The van der Waals surface area contributed by atoms with E-state index >= 15 is 0 Å². The van der Waals surface area contributed by atoms with E-state index in [9.17, 15) is 10.1 Å². The molecule has 142 valence electrons. The van der Waals surface area contributed by atoms with Crippen molar-refractivity contribution in [3.05, 3.63) is 42.3 Å². The van der Waals surface area contributed by atoms with E-state index in [0.717, 1.165) is 0 Å². The van der Waals surface area contributed by atoms with Crippen molar-refractivity contribution in [2.24, 2.45) is 0 Å². The molecule has 0 radical (unpaired) electrons. The summed E-state index contributed by atoms with van der Waals surface area (Å²) < 4.78 is 18.2. The van der Waals surface area contributed by atoms with Gasteiger partial charge in [-0.2, -0.15) is 10.2 Å². The molecule has 0 atom stereocenters. The van der Waals surface area contributed by atoms with Crippen LogP contribution in [0.4, 0.5) is 0 Å². The van der Waals surface area contributed by atoms with E-state index in [1.165, 1.54) is 6.08 Å². The largest absolute Gasteiger partial charge is 0.487 e. The lowest BCUT2D eigenvalue weighted by atomic mass is 10.2. The maximum absolute atomic E-state index is 12.0. The van der Waals surface area contributed by atoms with Gasteiger partial charge in [-0.3, -0.25) is 4.40 Å². The first-order chi connectivity index (χ1) is 13.0. The van der Waals surface area contributed by atoms with Gasteiger partial charge in [0.1, 0.15) is 17.3 Å². The van der Waals surface area contributed by atoms with Gasteiger partial charge in [-0.05, 0) is 45.4 Å². The van der Waals surface area contributed by atoms with E-state index < -0.39 is 5.97 Å². The Morgan fingerprint density at radius 1 is 1.48 bits per heavy atom. The minimum Gasteiger partial charge on any atom is -0.487 e. The molecule has 0 spiro atoms. The first-order valence-corrected chi connectivity index (χ1v) is 8.72. The van der Waals surface area contributed by atoms with Gasteiger partial charge in [0.05, 0.1) is 19.3 Å². The molecule has 0 saturated heterocycles. The predicted molar refractivity (Wildman–Crippen MR) is 101 cm³/mol. The summed E-state index contributed by atoms with van der Waals surface area (Å²) in [6.45, 7) is 9.74. The fourth-order valence-electron chi connectivity index (χ4n) is 2.34. The van der Waals surface area contributed by atoms with Crippen LogP contribution in [0.15, 0.2) is 36.6 Å². The summed E-state index contributed by atoms with van der Waals surface area (Å²) in [6, 6.07) is 5.48. The fourth-order valence-corrected chi connectivity index (χ4v) is 2.34. The molecule has 0 saturated carbocycles. The highest BCUT2D eigenvalue weighted by molar-refractivity contribution is 5.98. The Balaban J connectivity index is 2.59. The Morgan fingerprint density at radius 3 is 2.89 bits per heavy atom. The summed E-state index contributed by atoms with van der Waals surface area (Å²) in [6.07, 6.45) is 5.52. The van der Waals surface area contributed by atoms with Gasteiger partial charge in [0, 0.05) is 6.20 Å². The van der Waals surface area contributed by atoms with E-state index in [2.05, 4.69) is 11.6 Å². The summed E-state index contributed by atoms with van der Waals surface area (Å²) in [7, 11) is 0. The second kappa shape index (κ2) is 9.43. The van der Waals surface area contributed by atoms with Gasteiger partial charge < -0.3 is 14.2 Å². The molecule has 7 nitrogen and oxygen atoms in total. The highest BCUT2D eigenvalue weighted by atomic mass is 16.5. The van der Waals surface area contributed by atoms with E-state index in [4.69, 9.17) is 14.2 Å². The van der Waals surface area contributed by atoms with Crippen LogP contribution in [0.2, 0.25) is 0 Å². The average molecular weight is 369 g/mol. The number of imidazole rings is 1. The molecule has 2 rings (SSSR count). The monoisotopic (exact) mass is 369 g/mol. The van der Waals surface area contributed by atoms with Crippen molar-refractivity contribution < 1.29 is 19.0 Å². The topological polar surface area (TPSA) is 85.9 Å². The summed E-state index contributed by atoms with van der Waals surface area (Å²) in [5, 5.41) is 9.34. The molecule has 0 fully saturated rings. The standard InChI is InChI=1S/C20H23N3O4/c1-5-7-11-26-19-16(12-15(13-21)20(24)25-6-2)23-10-8-9-17(18(23)22-19)27-14(3)4/h5,8-10,12,14H,1,6-7,11H2,2-4H3. The number of carbonyl (C=O) groups is 1. The van der Waals surface area contributed by atoms with Crippen molar-refractivity contribution in [2.75, 3.05) is 13.2 Å². The smallest absolute Gasteiger partial charge is 0.348 e. The van der Waals surface area contributed by atoms with Gasteiger partial charge in [-0.25, -0.2) is 4.79 Å². The number of fused-ring (bicyclic) bond motifs is 1.